The van der Waals surface area contributed by atoms with Gasteiger partial charge in [-0.25, -0.2) is 0 Å². The maximum Gasteiger partial charge on any atom is 0.273 e. The van der Waals surface area contributed by atoms with E-state index in [1.54, 1.807) is 11.8 Å². The zero-order valence-corrected chi connectivity index (χ0v) is 17.7. The highest BCUT2D eigenvalue weighted by Gasteiger charge is 2.23. The number of ether oxygens (including phenoxy) is 1. The van der Waals surface area contributed by atoms with Gasteiger partial charge in [-0.2, -0.15) is 0 Å². The number of nitro benzene ring substituents is 1. The smallest absolute Gasteiger partial charge is 0.273 e. The van der Waals surface area contributed by atoms with Gasteiger partial charge in [0.05, 0.1) is 23.8 Å². The number of para-hydroxylation sites is 2. The van der Waals surface area contributed by atoms with E-state index < -0.39 is 10.8 Å². The SMILES string of the molecule is CCOc1ccccc1N1CCN(C(=O)CNC(=O)c2ccc(C)c([N+](=O)[O-])c2)CC1. The van der Waals surface area contributed by atoms with Crippen LogP contribution in [0.5, 0.6) is 5.75 Å². The quantitative estimate of drug-likeness (QED) is 0.538. The lowest BCUT2D eigenvalue weighted by Gasteiger charge is -2.36. The fourth-order valence-corrected chi connectivity index (χ4v) is 3.51. The minimum Gasteiger partial charge on any atom is -0.492 e. The van der Waals surface area contributed by atoms with Crippen molar-refractivity contribution in [2.24, 2.45) is 0 Å². The van der Waals surface area contributed by atoms with Crippen molar-refractivity contribution in [1.82, 2.24) is 10.2 Å². The Kier molecular flexibility index (Phi) is 7.07. The van der Waals surface area contributed by atoms with Crippen LogP contribution in [0.1, 0.15) is 22.8 Å². The molecule has 1 N–H and O–H groups in total. The van der Waals surface area contributed by atoms with Gasteiger partial charge in [0.15, 0.2) is 0 Å². The highest BCUT2D eigenvalue weighted by atomic mass is 16.6. The van der Waals surface area contributed by atoms with E-state index in [1.807, 2.05) is 31.2 Å². The van der Waals surface area contributed by atoms with Gasteiger partial charge >= 0.3 is 0 Å². The van der Waals surface area contributed by atoms with Crippen molar-refractivity contribution in [3.05, 3.63) is 63.7 Å². The van der Waals surface area contributed by atoms with Gasteiger partial charge in [0.1, 0.15) is 5.75 Å². The number of aryl methyl sites for hydroxylation is 1. The van der Waals surface area contributed by atoms with E-state index >= 15 is 0 Å². The van der Waals surface area contributed by atoms with Crippen molar-refractivity contribution in [1.29, 1.82) is 0 Å². The second-order valence-electron chi connectivity index (χ2n) is 7.21. The Balaban J connectivity index is 1.53. The minimum absolute atomic E-state index is 0.123. The number of rotatable bonds is 7. The predicted molar refractivity (Wildman–Crippen MR) is 117 cm³/mol. The van der Waals surface area contributed by atoms with Gasteiger partial charge in [-0.15, -0.1) is 0 Å². The fourth-order valence-electron chi connectivity index (χ4n) is 3.51. The van der Waals surface area contributed by atoms with Crippen molar-refractivity contribution >= 4 is 23.2 Å². The second kappa shape index (κ2) is 9.92. The van der Waals surface area contributed by atoms with E-state index in [4.69, 9.17) is 4.74 Å². The third-order valence-corrected chi connectivity index (χ3v) is 5.21. The Morgan fingerprint density at radius 1 is 1.13 bits per heavy atom. The summed E-state index contributed by atoms with van der Waals surface area (Å²) in [5.74, 6) is 0.123. The number of carbonyl (C=O) groups is 2. The van der Waals surface area contributed by atoms with Gasteiger partial charge in [-0.1, -0.05) is 18.2 Å². The predicted octanol–water partition coefficient (Wildman–Crippen LogP) is 2.38. The van der Waals surface area contributed by atoms with Gasteiger partial charge in [0, 0.05) is 43.4 Å². The van der Waals surface area contributed by atoms with E-state index in [2.05, 4.69) is 10.2 Å². The molecule has 0 saturated carbocycles. The molecule has 1 saturated heterocycles. The maximum absolute atomic E-state index is 12.5. The van der Waals surface area contributed by atoms with Gasteiger partial charge in [0.25, 0.3) is 11.6 Å². The molecule has 2 aromatic rings. The zero-order chi connectivity index (χ0) is 22.4. The lowest BCUT2D eigenvalue weighted by atomic mass is 10.1. The minimum atomic E-state index is -0.527. The van der Waals surface area contributed by atoms with E-state index in [-0.39, 0.29) is 23.7 Å². The molecule has 0 aromatic heterocycles. The molecule has 0 unspecified atom stereocenters. The standard InChI is InChI=1S/C22H26N4O5/c1-3-31-20-7-5-4-6-18(20)24-10-12-25(13-11-24)21(27)15-23-22(28)17-9-8-16(2)19(14-17)26(29)30/h4-9,14H,3,10-13,15H2,1-2H3,(H,23,28). The number of nitro groups is 1. The monoisotopic (exact) mass is 426 g/mol. The molecule has 0 atom stereocenters. The average molecular weight is 426 g/mol. The number of amides is 2. The molecule has 1 aliphatic heterocycles. The molecular weight excluding hydrogens is 400 g/mol. The summed E-state index contributed by atoms with van der Waals surface area (Å²) in [6, 6.07) is 12.1. The van der Waals surface area contributed by atoms with Crippen molar-refractivity contribution in [2.45, 2.75) is 13.8 Å². The summed E-state index contributed by atoms with van der Waals surface area (Å²) in [7, 11) is 0. The molecule has 2 aromatic carbocycles. The fraction of sp³-hybridized carbons (Fsp3) is 0.364. The van der Waals surface area contributed by atoms with Crippen LogP contribution < -0.4 is 15.0 Å². The van der Waals surface area contributed by atoms with Crippen molar-refractivity contribution < 1.29 is 19.2 Å². The second-order valence-corrected chi connectivity index (χ2v) is 7.21. The highest BCUT2D eigenvalue weighted by molar-refractivity contribution is 5.97. The molecule has 1 fully saturated rings. The van der Waals surface area contributed by atoms with E-state index in [1.165, 1.54) is 18.2 Å². The Morgan fingerprint density at radius 2 is 1.84 bits per heavy atom. The van der Waals surface area contributed by atoms with Crippen LogP contribution in [0.2, 0.25) is 0 Å². The van der Waals surface area contributed by atoms with Crippen molar-refractivity contribution in [3.8, 4) is 5.75 Å². The summed E-state index contributed by atoms with van der Waals surface area (Å²) in [6.07, 6.45) is 0. The first-order valence-corrected chi connectivity index (χ1v) is 10.2. The van der Waals surface area contributed by atoms with Crippen LogP contribution in [0.25, 0.3) is 0 Å². The molecule has 9 heteroatoms. The van der Waals surface area contributed by atoms with Crippen LogP contribution in [0.3, 0.4) is 0 Å². The molecule has 9 nitrogen and oxygen atoms in total. The molecule has 1 heterocycles. The Labute approximate surface area is 180 Å². The summed E-state index contributed by atoms with van der Waals surface area (Å²) >= 11 is 0. The summed E-state index contributed by atoms with van der Waals surface area (Å²) < 4.78 is 5.69. The maximum atomic E-state index is 12.5. The number of nitrogens with zero attached hydrogens (tertiary/aromatic N) is 3. The normalized spacial score (nSPS) is 13.6. The molecule has 164 valence electrons. The molecule has 2 amide bonds. The summed E-state index contributed by atoms with van der Waals surface area (Å²) in [6.45, 7) is 6.36. The molecule has 3 rings (SSSR count). The molecule has 0 bridgehead atoms. The van der Waals surface area contributed by atoms with Crippen LogP contribution >= 0.6 is 0 Å². The first-order valence-electron chi connectivity index (χ1n) is 10.2. The van der Waals surface area contributed by atoms with Crippen LogP contribution in [0.15, 0.2) is 42.5 Å². The van der Waals surface area contributed by atoms with Gasteiger partial charge in [-0.3, -0.25) is 19.7 Å². The number of piperazine rings is 1. The Bertz CT molecular complexity index is 970. The lowest BCUT2D eigenvalue weighted by Crippen LogP contribution is -2.51. The number of hydrogen-bond donors (Lipinski definition) is 1. The van der Waals surface area contributed by atoms with Crippen LogP contribution in [0.4, 0.5) is 11.4 Å². The average Bonchev–Trinajstić information content (AvgIpc) is 2.78. The number of benzene rings is 2. The van der Waals surface area contributed by atoms with Crippen LogP contribution in [-0.4, -0.2) is 61.0 Å². The summed E-state index contributed by atoms with van der Waals surface area (Å²) in [4.78, 5) is 39.3. The molecule has 31 heavy (non-hydrogen) atoms. The largest absolute Gasteiger partial charge is 0.492 e. The number of anilines is 1. The molecule has 0 spiro atoms. The third-order valence-electron chi connectivity index (χ3n) is 5.21. The van der Waals surface area contributed by atoms with Gasteiger partial charge in [-0.05, 0) is 32.0 Å². The summed E-state index contributed by atoms with van der Waals surface area (Å²) in [5.41, 5.74) is 1.51. The zero-order valence-electron chi connectivity index (χ0n) is 17.7. The topological polar surface area (TPSA) is 105 Å². The molecule has 0 aliphatic carbocycles. The van der Waals surface area contributed by atoms with Crippen LogP contribution in [0, 0.1) is 17.0 Å². The van der Waals surface area contributed by atoms with E-state index in [0.717, 1.165) is 11.4 Å². The van der Waals surface area contributed by atoms with E-state index in [9.17, 15) is 19.7 Å². The van der Waals surface area contributed by atoms with Crippen molar-refractivity contribution in [3.63, 3.8) is 0 Å². The number of carbonyl (C=O) groups excluding carboxylic acids is 2. The third kappa shape index (κ3) is 5.30. The number of nitrogens with one attached hydrogen (secondary N) is 1. The molecule has 0 radical (unpaired) electrons. The van der Waals surface area contributed by atoms with Gasteiger partial charge < -0.3 is 19.9 Å². The molecule has 1 aliphatic rings. The van der Waals surface area contributed by atoms with Gasteiger partial charge in [0.2, 0.25) is 5.91 Å². The van der Waals surface area contributed by atoms with Crippen molar-refractivity contribution in [2.75, 3.05) is 44.2 Å². The van der Waals surface area contributed by atoms with E-state index in [0.29, 0.717) is 38.3 Å². The Hall–Kier alpha value is -3.62. The Morgan fingerprint density at radius 3 is 2.52 bits per heavy atom. The van der Waals surface area contributed by atoms with Crippen LogP contribution in [-0.2, 0) is 4.79 Å². The first-order chi connectivity index (χ1) is 14.9. The lowest BCUT2D eigenvalue weighted by molar-refractivity contribution is -0.385. The summed E-state index contributed by atoms with van der Waals surface area (Å²) in [5, 5.41) is 13.6. The number of hydrogen-bond acceptors (Lipinski definition) is 6. The molecular formula is C22H26N4O5. The highest BCUT2D eigenvalue weighted by Crippen LogP contribution is 2.28. The first kappa shape index (κ1) is 22.1.